The Bertz CT molecular complexity index is 713. The molecule has 1 amide bonds. The van der Waals surface area contributed by atoms with Gasteiger partial charge in [-0.2, -0.15) is 0 Å². The van der Waals surface area contributed by atoms with Crippen LogP contribution < -0.4 is 5.32 Å². The Kier molecular flexibility index (Phi) is 5.49. The van der Waals surface area contributed by atoms with Gasteiger partial charge in [-0.25, -0.2) is 4.39 Å². The number of carbonyl (C=O) groups excluding carboxylic acids is 1. The topological polar surface area (TPSA) is 32.3 Å². The van der Waals surface area contributed by atoms with Crippen LogP contribution in [0.1, 0.15) is 30.9 Å². The van der Waals surface area contributed by atoms with Crippen LogP contribution in [0, 0.1) is 5.82 Å². The number of halogens is 1. The average Bonchev–Trinajstić information content (AvgIpc) is 3.41. The number of amides is 1. The summed E-state index contributed by atoms with van der Waals surface area (Å²) < 4.78 is 13.3. The number of nitrogens with zero attached hydrogens (tertiary/aromatic N) is 1. The lowest BCUT2D eigenvalue weighted by Crippen LogP contribution is -2.40. The van der Waals surface area contributed by atoms with Crippen molar-refractivity contribution in [1.29, 1.82) is 0 Å². The lowest BCUT2D eigenvalue weighted by molar-refractivity contribution is -0.122. The summed E-state index contributed by atoms with van der Waals surface area (Å²) >= 11 is 0. The quantitative estimate of drug-likeness (QED) is 0.798. The number of nitrogens with one attached hydrogen (secondary N) is 1. The fourth-order valence-electron chi connectivity index (χ4n) is 3.21. The smallest absolute Gasteiger partial charge is 0.234 e. The van der Waals surface area contributed by atoms with E-state index in [1.54, 1.807) is 6.07 Å². The molecular formula is C21H25FN2O. The lowest BCUT2D eigenvalue weighted by Gasteiger charge is -2.22. The molecular weight excluding hydrogens is 315 g/mol. The number of hydrogen-bond donors (Lipinski definition) is 1. The number of rotatable bonds is 8. The fraction of sp³-hybridized carbons (Fsp3) is 0.381. The number of carbonyl (C=O) groups is 1. The van der Waals surface area contributed by atoms with Crippen LogP contribution in [-0.4, -0.2) is 30.4 Å². The van der Waals surface area contributed by atoms with E-state index in [0.717, 1.165) is 24.9 Å². The third-order valence-electron chi connectivity index (χ3n) is 4.97. The maximum absolute atomic E-state index is 13.3. The van der Waals surface area contributed by atoms with Crippen LogP contribution in [0.3, 0.4) is 0 Å². The predicted octanol–water partition coefficient (Wildman–Crippen LogP) is 3.50. The molecule has 1 aliphatic carbocycles. The molecule has 0 spiro atoms. The van der Waals surface area contributed by atoms with Crippen molar-refractivity contribution in [2.24, 2.45) is 0 Å². The van der Waals surface area contributed by atoms with E-state index >= 15 is 0 Å². The minimum absolute atomic E-state index is 0.0282. The van der Waals surface area contributed by atoms with Gasteiger partial charge in [0.05, 0.1) is 6.54 Å². The van der Waals surface area contributed by atoms with E-state index in [1.807, 2.05) is 24.0 Å². The molecule has 2 aromatic rings. The molecule has 0 unspecified atom stereocenters. The molecule has 0 atom stereocenters. The molecule has 0 radical (unpaired) electrons. The first kappa shape index (κ1) is 17.6. The van der Waals surface area contributed by atoms with Gasteiger partial charge in [0.1, 0.15) is 5.82 Å². The lowest BCUT2D eigenvalue weighted by atomic mass is 9.96. The fourth-order valence-corrected chi connectivity index (χ4v) is 3.21. The molecule has 1 N–H and O–H groups in total. The van der Waals surface area contributed by atoms with Crippen molar-refractivity contribution in [3.05, 3.63) is 71.5 Å². The van der Waals surface area contributed by atoms with E-state index in [9.17, 15) is 9.18 Å². The average molecular weight is 340 g/mol. The highest BCUT2D eigenvalue weighted by atomic mass is 19.1. The summed E-state index contributed by atoms with van der Waals surface area (Å²) in [6.45, 7) is 4.35. The van der Waals surface area contributed by atoms with E-state index in [0.29, 0.717) is 19.6 Å². The van der Waals surface area contributed by atoms with Crippen molar-refractivity contribution in [3.63, 3.8) is 0 Å². The first-order valence-electron chi connectivity index (χ1n) is 8.90. The molecule has 3 rings (SSSR count). The van der Waals surface area contributed by atoms with Crippen molar-refractivity contribution in [1.82, 2.24) is 10.2 Å². The predicted molar refractivity (Wildman–Crippen MR) is 97.7 cm³/mol. The summed E-state index contributed by atoms with van der Waals surface area (Å²) in [5.41, 5.74) is 2.32. The third kappa shape index (κ3) is 4.67. The Morgan fingerprint density at radius 3 is 2.56 bits per heavy atom. The Morgan fingerprint density at radius 2 is 1.92 bits per heavy atom. The number of likely N-dealkylation sites (N-methyl/N-ethyl adjacent to an activating group) is 1. The summed E-state index contributed by atoms with van der Waals surface area (Å²) in [6, 6.07) is 16.9. The number of hydrogen-bond acceptors (Lipinski definition) is 2. The van der Waals surface area contributed by atoms with E-state index < -0.39 is 0 Å². The molecule has 25 heavy (non-hydrogen) atoms. The zero-order valence-electron chi connectivity index (χ0n) is 14.7. The van der Waals surface area contributed by atoms with Crippen LogP contribution in [-0.2, 0) is 16.8 Å². The first-order chi connectivity index (χ1) is 12.1. The van der Waals surface area contributed by atoms with Crippen LogP contribution in [0.4, 0.5) is 4.39 Å². The maximum atomic E-state index is 13.3. The zero-order chi connectivity index (χ0) is 17.7. The zero-order valence-corrected chi connectivity index (χ0v) is 14.7. The molecule has 3 nitrogen and oxygen atoms in total. The highest BCUT2D eigenvalue weighted by Crippen LogP contribution is 2.47. The Labute approximate surface area is 148 Å². The molecule has 0 aromatic heterocycles. The molecule has 0 aliphatic heterocycles. The largest absolute Gasteiger partial charge is 0.354 e. The minimum atomic E-state index is -0.239. The van der Waals surface area contributed by atoms with E-state index in [2.05, 4.69) is 29.6 Å². The van der Waals surface area contributed by atoms with E-state index in [1.165, 1.54) is 17.7 Å². The van der Waals surface area contributed by atoms with Gasteiger partial charge in [0.15, 0.2) is 0 Å². The first-order valence-corrected chi connectivity index (χ1v) is 8.90. The molecule has 0 saturated heterocycles. The minimum Gasteiger partial charge on any atom is -0.354 e. The second-order valence-electron chi connectivity index (χ2n) is 6.86. The normalized spacial score (nSPS) is 15.2. The van der Waals surface area contributed by atoms with Crippen molar-refractivity contribution >= 4 is 5.91 Å². The van der Waals surface area contributed by atoms with Crippen molar-refractivity contribution in [2.75, 3.05) is 19.6 Å². The van der Waals surface area contributed by atoms with Crippen molar-refractivity contribution in [2.45, 2.75) is 31.7 Å². The van der Waals surface area contributed by atoms with E-state index in [4.69, 9.17) is 0 Å². The van der Waals surface area contributed by atoms with Gasteiger partial charge in [0.25, 0.3) is 0 Å². The molecule has 1 saturated carbocycles. The second kappa shape index (κ2) is 7.79. The van der Waals surface area contributed by atoms with Gasteiger partial charge in [-0.1, -0.05) is 49.4 Å². The van der Waals surface area contributed by atoms with Crippen LogP contribution >= 0.6 is 0 Å². The van der Waals surface area contributed by atoms with Crippen molar-refractivity contribution < 1.29 is 9.18 Å². The van der Waals surface area contributed by atoms with Crippen molar-refractivity contribution in [3.8, 4) is 0 Å². The third-order valence-corrected chi connectivity index (χ3v) is 4.97. The maximum Gasteiger partial charge on any atom is 0.234 e. The van der Waals surface area contributed by atoms with Gasteiger partial charge in [-0.05, 0) is 42.6 Å². The van der Waals surface area contributed by atoms with Crippen LogP contribution in [0.15, 0.2) is 54.6 Å². The molecule has 1 fully saturated rings. The van der Waals surface area contributed by atoms with Gasteiger partial charge < -0.3 is 5.32 Å². The molecule has 0 bridgehead atoms. The monoisotopic (exact) mass is 340 g/mol. The SMILES string of the molecule is CCN(CC(=O)NCC1(c2ccccc2)CC1)Cc1cccc(F)c1. The van der Waals surface area contributed by atoms with Crippen LogP contribution in [0.2, 0.25) is 0 Å². The van der Waals surface area contributed by atoms with E-state index in [-0.39, 0.29) is 17.1 Å². The molecule has 132 valence electrons. The summed E-state index contributed by atoms with van der Waals surface area (Å²) in [5, 5.41) is 3.09. The van der Waals surface area contributed by atoms with Crippen LogP contribution in [0.25, 0.3) is 0 Å². The Hall–Kier alpha value is -2.20. The van der Waals surface area contributed by atoms with Gasteiger partial charge in [-0.3, -0.25) is 9.69 Å². The standard InChI is InChI=1S/C21H25FN2O/c1-2-24(14-17-7-6-10-19(22)13-17)15-20(25)23-16-21(11-12-21)18-8-4-3-5-9-18/h3-10,13H,2,11-12,14-16H2,1H3,(H,23,25). The summed E-state index contributed by atoms with van der Waals surface area (Å²) in [5.74, 6) is -0.211. The van der Waals surface area contributed by atoms with Gasteiger partial charge in [-0.15, -0.1) is 0 Å². The molecule has 1 aliphatic rings. The highest BCUT2D eigenvalue weighted by molar-refractivity contribution is 5.78. The van der Waals surface area contributed by atoms with Crippen LogP contribution in [0.5, 0.6) is 0 Å². The number of benzene rings is 2. The van der Waals surface area contributed by atoms with Gasteiger partial charge in [0, 0.05) is 18.5 Å². The molecule has 2 aromatic carbocycles. The second-order valence-corrected chi connectivity index (χ2v) is 6.86. The summed E-state index contributed by atoms with van der Waals surface area (Å²) in [7, 11) is 0. The summed E-state index contributed by atoms with van der Waals surface area (Å²) in [4.78, 5) is 14.4. The van der Waals surface area contributed by atoms with Gasteiger partial charge >= 0.3 is 0 Å². The highest BCUT2D eigenvalue weighted by Gasteiger charge is 2.44. The Morgan fingerprint density at radius 1 is 1.16 bits per heavy atom. The molecule has 0 heterocycles. The summed E-state index contributed by atoms with van der Waals surface area (Å²) in [6.07, 6.45) is 2.25. The van der Waals surface area contributed by atoms with Gasteiger partial charge in [0.2, 0.25) is 5.91 Å². The Balaban J connectivity index is 1.51. The molecule has 4 heteroatoms.